The van der Waals surface area contributed by atoms with Crippen LogP contribution in [-0.2, 0) is 11.3 Å². The third-order valence-corrected chi connectivity index (χ3v) is 3.74. The van der Waals surface area contributed by atoms with Crippen LogP contribution in [0.5, 0.6) is 0 Å². The van der Waals surface area contributed by atoms with Gasteiger partial charge in [0.25, 0.3) is 0 Å². The van der Waals surface area contributed by atoms with Crippen LogP contribution in [-0.4, -0.2) is 56.3 Å². The number of carboxylic acids is 1. The van der Waals surface area contributed by atoms with E-state index in [0.717, 1.165) is 6.20 Å². The van der Waals surface area contributed by atoms with Gasteiger partial charge in [0.05, 0.1) is 17.4 Å². The maximum Gasteiger partial charge on any atom is 0.317 e. The fourth-order valence-corrected chi connectivity index (χ4v) is 2.65. The number of amides is 2. The molecular formula is C13H19N5O5. The summed E-state index contributed by atoms with van der Waals surface area (Å²) in [6.07, 6.45) is 3.00. The molecule has 0 bridgehead atoms. The van der Waals surface area contributed by atoms with Gasteiger partial charge < -0.3 is 15.3 Å². The van der Waals surface area contributed by atoms with Crippen molar-refractivity contribution in [3.05, 3.63) is 22.5 Å². The fraction of sp³-hybridized carbons (Fsp3) is 0.615. The molecule has 1 aromatic heterocycles. The largest absolute Gasteiger partial charge is 0.481 e. The van der Waals surface area contributed by atoms with Crippen molar-refractivity contribution in [3.63, 3.8) is 0 Å². The van der Waals surface area contributed by atoms with Crippen molar-refractivity contribution >= 4 is 17.7 Å². The van der Waals surface area contributed by atoms with Crippen LogP contribution >= 0.6 is 0 Å². The summed E-state index contributed by atoms with van der Waals surface area (Å²) in [5.74, 6) is -1.30. The van der Waals surface area contributed by atoms with Crippen LogP contribution < -0.4 is 5.32 Å². The molecule has 0 radical (unpaired) electrons. The molecule has 2 N–H and O–H groups in total. The number of nitro groups is 1. The van der Waals surface area contributed by atoms with Crippen molar-refractivity contribution in [2.45, 2.75) is 19.9 Å². The minimum absolute atomic E-state index is 0.106. The van der Waals surface area contributed by atoms with Crippen LogP contribution in [0, 0.1) is 22.0 Å². The molecule has 2 heterocycles. The first-order valence-electron chi connectivity index (χ1n) is 7.29. The number of aromatic nitrogens is 2. The van der Waals surface area contributed by atoms with Crippen LogP contribution in [0.2, 0.25) is 0 Å². The molecule has 0 aliphatic carbocycles. The molecule has 1 aliphatic heterocycles. The molecule has 0 aromatic carbocycles. The van der Waals surface area contributed by atoms with E-state index in [0.29, 0.717) is 19.5 Å². The van der Waals surface area contributed by atoms with Gasteiger partial charge in [-0.15, -0.1) is 0 Å². The maximum atomic E-state index is 12.1. The third kappa shape index (κ3) is 4.41. The lowest BCUT2D eigenvalue weighted by Gasteiger charge is -2.34. The Balaban J connectivity index is 1.81. The zero-order chi connectivity index (χ0) is 17.0. The third-order valence-electron chi connectivity index (χ3n) is 3.74. The molecule has 2 rings (SSSR count). The zero-order valence-corrected chi connectivity index (χ0v) is 12.7. The highest BCUT2D eigenvalue weighted by Gasteiger charge is 2.31. The predicted octanol–water partition coefficient (Wildman–Crippen LogP) is 0.544. The standard InChI is InChI=1S/C13H19N5O5/c1-9-4-10(12(19)20)7-16(6-9)13(21)14-2-3-17-8-11(5-15-17)18(22)23/h5,8-10H,2-4,6-7H2,1H3,(H,14,21)(H,19,20). The number of carbonyl (C=O) groups is 2. The van der Waals surface area contributed by atoms with E-state index >= 15 is 0 Å². The summed E-state index contributed by atoms with van der Waals surface area (Å²) in [5.41, 5.74) is -0.106. The van der Waals surface area contributed by atoms with Crippen LogP contribution in [0.4, 0.5) is 10.5 Å². The molecule has 1 fully saturated rings. The van der Waals surface area contributed by atoms with Crippen molar-refractivity contribution < 1.29 is 19.6 Å². The summed E-state index contributed by atoms with van der Waals surface area (Å²) in [6, 6.07) is -0.329. The summed E-state index contributed by atoms with van der Waals surface area (Å²) >= 11 is 0. The van der Waals surface area contributed by atoms with Gasteiger partial charge in [-0.3, -0.25) is 19.6 Å². The zero-order valence-electron chi connectivity index (χ0n) is 12.7. The Kier molecular flexibility index (Phi) is 5.14. The van der Waals surface area contributed by atoms with E-state index in [2.05, 4.69) is 10.4 Å². The first kappa shape index (κ1) is 16.7. The summed E-state index contributed by atoms with van der Waals surface area (Å²) in [4.78, 5) is 34.7. The minimum Gasteiger partial charge on any atom is -0.481 e. The molecular weight excluding hydrogens is 306 g/mol. The highest BCUT2D eigenvalue weighted by atomic mass is 16.6. The lowest BCUT2D eigenvalue weighted by Crippen LogP contribution is -2.49. The average Bonchev–Trinajstić information content (AvgIpc) is 2.95. The monoisotopic (exact) mass is 325 g/mol. The number of hydrogen-bond acceptors (Lipinski definition) is 5. The number of likely N-dealkylation sites (tertiary alicyclic amines) is 1. The second-order valence-electron chi connectivity index (χ2n) is 5.73. The smallest absolute Gasteiger partial charge is 0.317 e. The topological polar surface area (TPSA) is 131 Å². The maximum absolute atomic E-state index is 12.1. The minimum atomic E-state index is -0.891. The summed E-state index contributed by atoms with van der Waals surface area (Å²) < 4.78 is 1.37. The van der Waals surface area contributed by atoms with Crippen molar-refractivity contribution in [2.24, 2.45) is 11.8 Å². The Labute approximate surface area is 132 Å². The number of aliphatic carboxylic acids is 1. The Morgan fingerprint density at radius 3 is 2.87 bits per heavy atom. The molecule has 1 aliphatic rings. The Morgan fingerprint density at radius 1 is 1.52 bits per heavy atom. The molecule has 0 saturated carbocycles. The first-order chi connectivity index (χ1) is 10.9. The lowest BCUT2D eigenvalue weighted by atomic mass is 9.91. The number of rotatable bonds is 5. The van der Waals surface area contributed by atoms with Gasteiger partial charge in [-0.2, -0.15) is 5.10 Å². The number of carboxylic acid groups (broad SMARTS) is 1. The van der Waals surface area contributed by atoms with E-state index in [-0.39, 0.29) is 30.7 Å². The van der Waals surface area contributed by atoms with Gasteiger partial charge in [0.1, 0.15) is 12.4 Å². The molecule has 2 atom stereocenters. The van der Waals surface area contributed by atoms with Crippen LogP contribution in [0.15, 0.2) is 12.4 Å². The Morgan fingerprint density at radius 2 is 2.26 bits per heavy atom. The van der Waals surface area contributed by atoms with Gasteiger partial charge in [-0.25, -0.2) is 4.79 Å². The SMILES string of the molecule is CC1CC(C(=O)O)CN(C(=O)NCCn2cc([N+](=O)[O-])cn2)C1. The van der Waals surface area contributed by atoms with Gasteiger partial charge in [0.2, 0.25) is 0 Å². The van der Waals surface area contributed by atoms with E-state index in [1.807, 2.05) is 6.92 Å². The normalized spacial score (nSPS) is 21.0. The second kappa shape index (κ2) is 7.07. The molecule has 2 unspecified atom stereocenters. The first-order valence-corrected chi connectivity index (χ1v) is 7.29. The molecule has 1 aromatic rings. The second-order valence-corrected chi connectivity index (χ2v) is 5.73. The van der Waals surface area contributed by atoms with Gasteiger partial charge in [0, 0.05) is 19.6 Å². The van der Waals surface area contributed by atoms with Gasteiger partial charge in [-0.05, 0) is 12.3 Å². The highest BCUT2D eigenvalue weighted by Crippen LogP contribution is 2.21. The molecule has 1 saturated heterocycles. The van der Waals surface area contributed by atoms with E-state index in [9.17, 15) is 19.7 Å². The number of nitrogens with zero attached hydrogens (tertiary/aromatic N) is 4. The fourth-order valence-electron chi connectivity index (χ4n) is 2.65. The van der Waals surface area contributed by atoms with Crippen LogP contribution in [0.3, 0.4) is 0 Å². The highest BCUT2D eigenvalue weighted by molar-refractivity contribution is 5.76. The van der Waals surface area contributed by atoms with Gasteiger partial charge >= 0.3 is 17.7 Å². The van der Waals surface area contributed by atoms with E-state index in [1.54, 1.807) is 0 Å². The number of carbonyl (C=O) groups excluding carboxylic acids is 1. The molecule has 0 spiro atoms. The van der Waals surface area contributed by atoms with Gasteiger partial charge in [0.15, 0.2) is 0 Å². The van der Waals surface area contributed by atoms with Crippen molar-refractivity contribution in [2.75, 3.05) is 19.6 Å². The van der Waals surface area contributed by atoms with Gasteiger partial charge in [-0.1, -0.05) is 6.92 Å². The quantitative estimate of drug-likeness (QED) is 0.600. The molecule has 126 valence electrons. The average molecular weight is 325 g/mol. The summed E-state index contributed by atoms with van der Waals surface area (Å²) in [7, 11) is 0. The predicted molar refractivity (Wildman–Crippen MR) is 78.8 cm³/mol. The van der Waals surface area contributed by atoms with Crippen molar-refractivity contribution in [3.8, 4) is 0 Å². The Bertz CT molecular complexity index is 601. The number of urea groups is 1. The lowest BCUT2D eigenvalue weighted by molar-refractivity contribution is -0.385. The number of hydrogen-bond donors (Lipinski definition) is 2. The van der Waals surface area contributed by atoms with E-state index in [1.165, 1.54) is 15.8 Å². The molecule has 2 amide bonds. The van der Waals surface area contributed by atoms with Crippen molar-refractivity contribution in [1.82, 2.24) is 20.0 Å². The molecule has 10 heteroatoms. The van der Waals surface area contributed by atoms with E-state index < -0.39 is 16.8 Å². The summed E-state index contributed by atoms with van der Waals surface area (Å²) in [6.45, 7) is 3.17. The summed E-state index contributed by atoms with van der Waals surface area (Å²) in [5, 5.41) is 26.2. The number of piperidine rings is 1. The van der Waals surface area contributed by atoms with E-state index in [4.69, 9.17) is 5.11 Å². The molecule has 10 nitrogen and oxygen atoms in total. The molecule has 23 heavy (non-hydrogen) atoms. The number of nitrogens with one attached hydrogen (secondary N) is 1. The van der Waals surface area contributed by atoms with Crippen molar-refractivity contribution in [1.29, 1.82) is 0 Å². The van der Waals surface area contributed by atoms with Crippen LogP contribution in [0.25, 0.3) is 0 Å². The Hall–Kier alpha value is -2.65. The van der Waals surface area contributed by atoms with Crippen LogP contribution in [0.1, 0.15) is 13.3 Å².